The Balaban J connectivity index is 1.74. The molecular formula is C16H17N5O2. The predicted molar refractivity (Wildman–Crippen MR) is 83.1 cm³/mol. The fourth-order valence-corrected chi connectivity index (χ4v) is 2.17. The zero-order chi connectivity index (χ0) is 16.2. The number of hydrogen-bond acceptors (Lipinski definition) is 5. The second-order valence-electron chi connectivity index (χ2n) is 5.44. The van der Waals surface area contributed by atoms with Crippen molar-refractivity contribution in [2.75, 3.05) is 0 Å². The van der Waals surface area contributed by atoms with E-state index in [0.29, 0.717) is 17.8 Å². The van der Waals surface area contributed by atoms with Crippen LogP contribution in [0.5, 0.6) is 0 Å². The molecule has 0 unspecified atom stereocenters. The maximum absolute atomic E-state index is 12.5. The molecular weight excluding hydrogens is 294 g/mol. The molecule has 1 amide bonds. The molecule has 0 aliphatic rings. The lowest BCUT2D eigenvalue weighted by Gasteiger charge is -2.09. The first-order valence-corrected chi connectivity index (χ1v) is 7.33. The summed E-state index contributed by atoms with van der Waals surface area (Å²) in [6.07, 6.45) is 3.11. The summed E-state index contributed by atoms with van der Waals surface area (Å²) in [4.78, 5) is 12.5. The SMILES string of the molecule is CC(C)c1cc(CNC(=O)c2ccccc2-n2cnnc2)no1. The van der Waals surface area contributed by atoms with Crippen LogP contribution >= 0.6 is 0 Å². The molecule has 0 radical (unpaired) electrons. The molecule has 7 nitrogen and oxygen atoms in total. The third-order valence-corrected chi connectivity index (χ3v) is 3.42. The Morgan fingerprint density at radius 2 is 2.00 bits per heavy atom. The second kappa shape index (κ2) is 6.43. The zero-order valence-electron chi connectivity index (χ0n) is 12.9. The summed E-state index contributed by atoms with van der Waals surface area (Å²) in [5.41, 5.74) is 1.96. The number of nitrogens with zero attached hydrogens (tertiary/aromatic N) is 4. The predicted octanol–water partition coefficient (Wildman–Crippen LogP) is 2.31. The van der Waals surface area contributed by atoms with E-state index in [0.717, 1.165) is 11.4 Å². The first-order chi connectivity index (χ1) is 11.1. The molecule has 2 aromatic heterocycles. The average Bonchev–Trinajstić information content (AvgIpc) is 3.24. The lowest BCUT2D eigenvalue weighted by molar-refractivity contribution is 0.0950. The Morgan fingerprint density at radius 1 is 1.26 bits per heavy atom. The average molecular weight is 311 g/mol. The Bertz CT molecular complexity index is 792. The van der Waals surface area contributed by atoms with Crippen LogP contribution in [-0.4, -0.2) is 25.8 Å². The number of nitrogens with one attached hydrogen (secondary N) is 1. The van der Waals surface area contributed by atoms with Gasteiger partial charge in [-0.1, -0.05) is 31.1 Å². The number of hydrogen-bond donors (Lipinski definition) is 1. The summed E-state index contributed by atoms with van der Waals surface area (Å²) >= 11 is 0. The molecule has 0 saturated heterocycles. The minimum atomic E-state index is -0.191. The maximum atomic E-state index is 12.5. The number of rotatable bonds is 5. The van der Waals surface area contributed by atoms with E-state index in [-0.39, 0.29) is 11.8 Å². The molecule has 118 valence electrons. The van der Waals surface area contributed by atoms with Gasteiger partial charge in [0.2, 0.25) is 0 Å². The van der Waals surface area contributed by atoms with Gasteiger partial charge in [0.05, 0.1) is 17.8 Å². The van der Waals surface area contributed by atoms with Crippen LogP contribution < -0.4 is 5.32 Å². The number of aromatic nitrogens is 4. The van der Waals surface area contributed by atoms with E-state index in [9.17, 15) is 4.79 Å². The largest absolute Gasteiger partial charge is 0.361 e. The Kier molecular flexibility index (Phi) is 4.18. The molecule has 0 aliphatic heterocycles. The molecule has 3 rings (SSSR count). The second-order valence-corrected chi connectivity index (χ2v) is 5.44. The van der Waals surface area contributed by atoms with Gasteiger partial charge in [-0.15, -0.1) is 10.2 Å². The normalized spacial score (nSPS) is 10.9. The molecule has 1 N–H and O–H groups in total. The third kappa shape index (κ3) is 3.28. The van der Waals surface area contributed by atoms with E-state index in [2.05, 4.69) is 20.7 Å². The van der Waals surface area contributed by atoms with E-state index < -0.39 is 0 Å². The van der Waals surface area contributed by atoms with Gasteiger partial charge in [0.15, 0.2) is 0 Å². The van der Waals surface area contributed by atoms with Gasteiger partial charge >= 0.3 is 0 Å². The smallest absolute Gasteiger partial charge is 0.253 e. The quantitative estimate of drug-likeness (QED) is 0.781. The van der Waals surface area contributed by atoms with Crippen LogP contribution in [0, 0.1) is 0 Å². The molecule has 0 bridgehead atoms. The number of carbonyl (C=O) groups excluding carboxylic acids is 1. The number of carbonyl (C=O) groups is 1. The summed E-state index contributed by atoms with van der Waals surface area (Å²) in [7, 11) is 0. The van der Waals surface area contributed by atoms with Gasteiger partial charge in [-0.05, 0) is 12.1 Å². The molecule has 3 aromatic rings. The van der Waals surface area contributed by atoms with Crippen LogP contribution in [0.15, 0.2) is 47.5 Å². The van der Waals surface area contributed by atoms with Crippen molar-refractivity contribution in [3.05, 3.63) is 60.0 Å². The Morgan fingerprint density at radius 3 is 2.70 bits per heavy atom. The molecule has 2 heterocycles. The summed E-state index contributed by atoms with van der Waals surface area (Å²) in [6.45, 7) is 4.36. The van der Waals surface area contributed by atoms with Crippen LogP contribution in [0.1, 0.15) is 41.6 Å². The summed E-state index contributed by atoms with van der Waals surface area (Å²) in [5.74, 6) is 0.879. The Labute approximate surface area is 133 Å². The molecule has 0 saturated carbocycles. The first-order valence-electron chi connectivity index (χ1n) is 7.33. The highest BCUT2D eigenvalue weighted by Crippen LogP contribution is 2.16. The van der Waals surface area contributed by atoms with Crippen molar-refractivity contribution in [3.63, 3.8) is 0 Å². The monoisotopic (exact) mass is 311 g/mol. The van der Waals surface area contributed by atoms with Gasteiger partial charge in [-0.2, -0.15) is 0 Å². The van der Waals surface area contributed by atoms with Crippen molar-refractivity contribution in [2.45, 2.75) is 26.3 Å². The van der Waals surface area contributed by atoms with Gasteiger partial charge in [-0.3, -0.25) is 9.36 Å². The molecule has 23 heavy (non-hydrogen) atoms. The lowest BCUT2D eigenvalue weighted by Crippen LogP contribution is -2.24. The summed E-state index contributed by atoms with van der Waals surface area (Å²) in [6, 6.07) is 9.13. The lowest BCUT2D eigenvalue weighted by atomic mass is 10.1. The highest BCUT2D eigenvalue weighted by atomic mass is 16.5. The molecule has 0 atom stereocenters. The molecule has 7 heteroatoms. The summed E-state index contributed by atoms with van der Waals surface area (Å²) < 4.78 is 6.92. The Hall–Kier alpha value is -2.96. The number of benzene rings is 1. The van der Waals surface area contributed by atoms with E-state index in [4.69, 9.17) is 4.52 Å². The van der Waals surface area contributed by atoms with Crippen molar-refractivity contribution < 1.29 is 9.32 Å². The third-order valence-electron chi connectivity index (χ3n) is 3.42. The van der Waals surface area contributed by atoms with E-state index >= 15 is 0 Å². The topological polar surface area (TPSA) is 85.8 Å². The van der Waals surface area contributed by atoms with Gasteiger partial charge in [0.25, 0.3) is 5.91 Å². The van der Waals surface area contributed by atoms with E-state index in [1.807, 2.05) is 38.1 Å². The van der Waals surface area contributed by atoms with Crippen LogP contribution in [-0.2, 0) is 6.54 Å². The fourth-order valence-electron chi connectivity index (χ4n) is 2.17. The first kappa shape index (κ1) is 15.0. The van der Waals surface area contributed by atoms with Gasteiger partial charge in [0.1, 0.15) is 24.1 Å². The van der Waals surface area contributed by atoms with Crippen LogP contribution in [0.25, 0.3) is 5.69 Å². The minimum Gasteiger partial charge on any atom is -0.361 e. The van der Waals surface area contributed by atoms with Crippen LogP contribution in [0.2, 0.25) is 0 Å². The number of amides is 1. The zero-order valence-corrected chi connectivity index (χ0v) is 12.9. The maximum Gasteiger partial charge on any atom is 0.253 e. The van der Waals surface area contributed by atoms with Crippen LogP contribution in [0.3, 0.4) is 0 Å². The molecule has 0 aliphatic carbocycles. The van der Waals surface area contributed by atoms with E-state index in [1.165, 1.54) is 0 Å². The molecule has 0 fully saturated rings. The van der Waals surface area contributed by atoms with Crippen molar-refractivity contribution in [1.29, 1.82) is 0 Å². The fraction of sp³-hybridized carbons (Fsp3) is 0.250. The van der Waals surface area contributed by atoms with Gasteiger partial charge < -0.3 is 9.84 Å². The van der Waals surface area contributed by atoms with Crippen molar-refractivity contribution >= 4 is 5.91 Å². The van der Waals surface area contributed by atoms with Crippen molar-refractivity contribution in [3.8, 4) is 5.69 Å². The molecule has 0 spiro atoms. The van der Waals surface area contributed by atoms with E-state index in [1.54, 1.807) is 23.3 Å². The van der Waals surface area contributed by atoms with Gasteiger partial charge in [-0.25, -0.2) is 0 Å². The molecule has 1 aromatic carbocycles. The highest BCUT2D eigenvalue weighted by molar-refractivity contribution is 5.97. The van der Waals surface area contributed by atoms with Crippen molar-refractivity contribution in [1.82, 2.24) is 25.2 Å². The minimum absolute atomic E-state index is 0.191. The summed E-state index contributed by atoms with van der Waals surface area (Å²) in [5, 5.41) is 14.4. The van der Waals surface area contributed by atoms with Crippen LogP contribution in [0.4, 0.5) is 0 Å². The number of para-hydroxylation sites is 1. The highest BCUT2D eigenvalue weighted by Gasteiger charge is 2.13. The standard InChI is InChI=1S/C16H17N5O2/c1-11(2)15-7-12(20-23-15)8-17-16(22)13-5-3-4-6-14(13)21-9-18-19-10-21/h3-7,9-11H,8H2,1-2H3,(H,17,22). The van der Waals surface area contributed by atoms with Gasteiger partial charge in [0, 0.05) is 12.0 Å². The van der Waals surface area contributed by atoms with Crippen molar-refractivity contribution in [2.24, 2.45) is 0 Å².